The molecule has 0 aliphatic rings. The molecule has 0 aromatic heterocycles. The van der Waals surface area contributed by atoms with Gasteiger partial charge in [0.1, 0.15) is 13.2 Å². The second-order valence-corrected chi connectivity index (χ2v) is 17.7. The molecule has 0 aromatic carbocycles. The molecule has 394 valence electrons. The van der Waals surface area contributed by atoms with Gasteiger partial charge in [0.15, 0.2) is 12.4 Å². The summed E-state index contributed by atoms with van der Waals surface area (Å²) in [5.41, 5.74) is 0. The van der Waals surface area contributed by atoms with Crippen molar-refractivity contribution in [1.82, 2.24) is 0 Å². The number of esters is 2. The van der Waals surface area contributed by atoms with Crippen LogP contribution in [0.2, 0.25) is 0 Å². The zero-order chi connectivity index (χ0) is 52.0. The molecule has 0 amide bonds. The predicted molar refractivity (Wildman–Crippen MR) is 296 cm³/mol. The lowest BCUT2D eigenvalue weighted by Crippen LogP contribution is -2.44. The molecule has 2 unspecified atom stereocenters. The molecular weight excluding hydrogens is 887 g/mol. The normalized spacial score (nSPS) is 14.2. The number of rotatable bonds is 45. The summed E-state index contributed by atoms with van der Waals surface area (Å²) in [6.07, 6.45) is 74.3. The second-order valence-electron chi connectivity index (χ2n) is 17.7. The van der Waals surface area contributed by atoms with Crippen molar-refractivity contribution in [3.8, 4) is 0 Å². The van der Waals surface area contributed by atoms with Gasteiger partial charge in [0, 0.05) is 12.8 Å². The van der Waals surface area contributed by atoms with Gasteiger partial charge in [-0.25, -0.2) is 0 Å². The van der Waals surface area contributed by atoms with E-state index in [4.69, 9.17) is 18.9 Å². The van der Waals surface area contributed by atoms with Crippen molar-refractivity contribution in [2.24, 2.45) is 0 Å². The quantitative estimate of drug-likeness (QED) is 0.0195. The highest BCUT2D eigenvalue weighted by molar-refractivity contribution is 5.70. The maximum atomic E-state index is 12.8. The van der Waals surface area contributed by atoms with E-state index in [1.54, 1.807) is 0 Å². The fraction of sp³-hybridized carbons (Fsp3) is 0.500. The second kappa shape index (κ2) is 51.0. The van der Waals surface area contributed by atoms with E-state index in [0.717, 1.165) is 103 Å². The number of aliphatic carboxylic acids is 1. The number of carbonyl (C=O) groups is 3. The largest absolute Gasteiger partial charge is 0.545 e. The number of unbranched alkanes of at least 4 members (excludes halogenated alkanes) is 2. The Hall–Kier alpha value is -5.35. The van der Waals surface area contributed by atoms with Gasteiger partial charge in [-0.1, -0.05) is 184 Å². The highest BCUT2D eigenvalue weighted by atomic mass is 16.7. The molecule has 0 saturated heterocycles. The number of carboxylic acids is 1. The van der Waals surface area contributed by atoms with Crippen molar-refractivity contribution in [2.45, 2.75) is 155 Å². The first-order chi connectivity index (χ1) is 34.6. The summed E-state index contributed by atoms with van der Waals surface area (Å²) in [5.74, 6) is -2.48. The van der Waals surface area contributed by atoms with Gasteiger partial charge < -0.3 is 33.3 Å². The lowest BCUT2D eigenvalue weighted by molar-refractivity contribution is -0.870. The van der Waals surface area contributed by atoms with Crippen molar-refractivity contribution < 1.29 is 42.9 Å². The molecule has 2 atom stereocenters. The Labute approximate surface area is 431 Å². The van der Waals surface area contributed by atoms with Crippen LogP contribution >= 0.6 is 0 Å². The van der Waals surface area contributed by atoms with Crippen LogP contribution in [0.15, 0.2) is 170 Å². The van der Waals surface area contributed by atoms with E-state index < -0.39 is 30.3 Å². The molecule has 0 radical (unpaired) electrons. The van der Waals surface area contributed by atoms with Gasteiger partial charge >= 0.3 is 11.9 Å². The van der Waals surface area contributed by atoms with E-state index in [1.165, 1.54) is 0 Å². The van der Waals surface area contributed by atoms with Crippen molar-refractivity contribution in [3.05, 3.63) is 170 Å². The number of ether oxygens (including phenoxy) is 4. The summed E-state index contributed by atoms with van der Waals surface area (Å²) in [5, 5.41) is 11.7. The molecule has 0 bridgehead atoms. The summed E-state index contributed by atoms with van der Waals surface area (Å²) in [7, 11) is 5.86. The van der Waals surface area contributed by atoms with Crippen LogP contribution in [0.5, 0.6) is 0 Å². The summed E-state index contributed by atoms with van der Waals surface area (Å²) < 4.78 is 22.4. The van der Waals surface area contributed by atoms with Gasteiger partial charge in [-0.15, -0.1) is 0 Å². The molecule has 0 saturated carbocycles. The molecule has 0 fully saturated rings. The van der Waals surface area contributed by atoms with Crippen molar-refractivity contribution >= 4 is 17.9 Å². The minimum absolute atomic E-state index is 0.118. The Kier molecular flexibility index (Phi) is 47.2. The lowest BCUT2D eigenvalue weighted by Gasteiger charge is -2.26. The molecule has 9 nitrogen and oxygen atoms in total. The Morgan fingerprint density at radius 3 is 1.13 bits per heavy atom. The van der Waals surface area contributed by atoms with E-state index in [0.29, 0.717) is 23.9 Å². The minimum Gasteiger partial charge on any atom is -0.545 e. The van der Waals surface area contributed by atoms with Crippen LogP contribution < -0.4 is 5.11 Å². The molecule has 0 aromatic rings. The number of hydrogen-bond acceptors (Lipinski definition) is 8. The number of likely N-dealkylation sites (N-methyl/N-ethyl adjacent to an activating group) is 1. The third-order valence-corrected chi connectivity index (χ3v) is 9.97. The van der Waals surface area contributed by atoms with Gasteiger partial charge in [0.25, 0.3) is 0 Å². The molecule has 0 rings (SSSR count). The molecule has 0 spiro atoms. The molecule has 0 N–H and O–H groups in total. The number of quaternary nitrogens is 1. The van der Waals surface area contributed by atoms with Gasteiger partial charge in [-0.05, 0) is 116 Å². The summed E-state index contributed by atoms with van der Waals surface area (Å²) in [6.45, 7) is 4.32. The van der Waals surface area contributed by atoms with Crippen LogP contribution in [0.3, 0.4) is 0 Å². The number of nitrogens with zero attached hydrogens (tertiary/aromatic N) is 1. The van der Waals surface area contributed by atoms with Gasteiger partial charge in [-0.3, -0.25) is 9.59 Å². The van der Waals surface area contributed by atoms with Crippen LogP contribution in [0.25, 0.3) is 0 Å². The Morgan fingerprint density at radius 1 is 0.423 bits per heavy atom. The Balaban J connectivity index is 4.45. The smallest absolute Gasteiger partial charge is 0.306 e. The van der Waals surface area contributed by atoms with Crippen LogP contribution in [0, 0.1) is 0 Å². The minimum atomic E-state index is -1.66. The Morgan fingerprint density at radius 2 is 0.775 bits per heavy atom. The third-order valence-electron chi connectivity index (χ3n) is 9.97. The maximum Gasteiger partial charge on any atom is 0.306 e. The molecule has 9 heteroatoms. The summed E-state index contributed by atoms with van der Waals surface area (Å²) in [6, 6.07) is 0. The fourth-order valence-electron chi connectivity index (χ4n) is 5.99. The summed E-state index contributed by atoms with van der Waals surface area (Å²) in [4.78, 5) is 37.0. The predicted octanol–water partition coefficient (Wildman–Crippen LogP) is 13.9. The molecule has 71 heavy (non-hydrogen) atoms. The lowest BCUT2D eigenvalue weighted by atomic mass is 10.2. The average Bonchev–Trinajstić information content (AvgIpc) is 3.34. The zero-order valence-corrected chi connectivity index (χ0v) is 44.5. The van der Waals surface area contributed by atoms with Crippen LogP contribution in [0.1, 0.15) is 142 Å². The number of allylic oxidation sites excluding steroid dienone is 28. The van der Waals surface area contributed by atoms with Crippen molar-refractivity contribution in [1.29, 1.82) is 0 Å². The van der Waals surface area contributed by atoms with Crippen LogP contribution in [-0.2, 0) is 33.3 Å². The Bertz CT molecular complexity index is 1760. The maximum absolute atomic E-state index is 12.8. The summed E-state index contributed by atoms with van der Waals surface area (Å²) >= 11 is 0. The first-order valence-electron chi connectivity index (χ1n) is 26.3. The standard InChI is InChI=1S/C62H93NO8/c1-6-8-10-12-14-16-18-20-21-22-23-24-25-26-27-28-29-30-31-32-33-34-35-36-37-38-39-41-43-45-47-49-51-53-60(65)71-58(57-70-62(61(66)67)68-55-54-63(3,4)5)56-69-59(64)52-50-48-46-44-42-40-19-17-15-13-11-9-7-2/h8-11,14-17,20-21,23-24,26-27,29-30,32-33,35-36,38-40,42-43,45-46,48,58,62H,6-7,12-13,18-19,22,25,28,31,34,37,41,44,47,49-57H2,1-5H3/b10-8-,11-9-,16-14-,17-15-,21-20-,24-23-,27-26-,30-29-,33-32-,36-35-,39-38-,42-40-,45-43-,48-46-. The highest BCUT2D eigenvalue weighted by Gasteiger charge is 2.21. The molecule has 0 aliphatic heterocycles. The van der Waals surface area contributed by atoms with Crippen LogP contribution in [-0.4, -0.2) is 82.3 Å². The molecular formula is C62H93NO8. The third kappa shape index (κ3) is 52.3. The van der Waals surface area contributed by atoms with Gasteiger partial charge in [-0.2, -0.15) is 0 Å². The van der Waals surface area contributed by atoms with E-state index in [2.05, 4.69) is 172 Å². The highest BCUT2D eigenvalue weighted by Crippen LogP contribution is 2.09. The van der Waals surface area contributed by atoms with Crippen molar-refractivity contribution in [3.63, 3.8) is 0 Å². The number of hydrogen-bond donors (Lipinski definition) is 0. The first kappa shape index (κ1) is 65.7. The molecule has 0 heterocycles. The fourth-order valence-corrected chi connectivity index (χ4v) is 5.99. The first-order valence-corrected chi connectivity index (χ1v) is 26.3. The number of carbonyl (C=O) groups excluding carboxylic acids is 3. The van der Waals surface area contributed by atoms with E-state index >= 15 is 0 Å². The van der Waals surface area contributed by atoms with Gasteiger partial charge in [0.05, 0.1) is 40.3 Å². The van der Waals surface area contributed by atoms with E-state index in [-0.39, 0.29) is 32.7 Å². The van der Waals surface area contributed by atoms with E-state index in [9.17, 15) is 19.5 Å². The van der Waals surface area contributed by atoms with E-state index in [1.807, 2.05) is 33.3 Å². The average molecular weight is 980 g/mol. The number of carboxylic acid groups (broad SMARTS) is 1. The van der Waals surface area contributed by atoms with Crippen LogP contribution in [0.4, 0.5) is 0 Å². The topological polar surface area (TPSA) is 111 Å². The zero-order valence-electron chi connectivity index (χ0n) is 44.5. The SMILES string of the molecule is CC/C=C\C/C=C\C/C=C\C/C=C\C/C=C\C/C=C\C/C=C\C/C=C\C/C=C\C/C=C\CCCCC(=O)OC(COC(=O)CC/C=C\C/C=C\C/C=C\C/C=C\CC)COC(OCC[N+](C)(C)C)C(=O)[O-]. The van der Waals surface area contributed by atoms with Crippen molar-refractivity contribution in [2.75, 3.05) is 47.5 Å². The molecule has 0 aliphatic carbocycles. The van der Waals surface area contributed by atoms with Gasteiger partial charge in [0.2, 0.25) is 0 Å². The monoisotopic (exact) mass is 980 g/mol.